The molecule has 0 aliphatic heterocycles. The first-order valence-corrected chi connectivity index (χ1v) is 5.82. The highest BCUT2D eigenvalue weighted by Crippen LogP contribution is 2.19. The van der Waals surface area contributed by atoms with Crippen LogP contribution in [0.2, 0.25) is 0 Å². The highest BCUT2D eigenvalue weighted by atomic mass is 79.9. The van der Waals surface area contributed by atoms with E-state index >= 15 is 0 Å². The van der Waals surface area contributed by atoms with Gasteiger partial charge in [-0.1, -0.05) is 22.9 Å². The predicted octanol–water partition coefficient (Wildman–Crippen LogP) is 3.01. The summed E-state index contributed by atoms with van der Waals surface area (Å²) in [6, 6.07) is 5.51. The molecule has 0 radical (unpaired) electrons. The van der Waals surface area contributed by atoms with Gasteiger partial charge in [0.2, 0.25) is 0 Å². The van der Waals surface area contributed by atoms with Crippen LogP contribution in [0.4, 0.5) is 0 Å². The quantitative estimate of drug-likeness (QED) is 0.809. The van der Waals surface area contributed by atoms with Gasteiger partial charge in [-0.3, -0.25) is 4.79 Å². The molecular formula is C12H11BrN2O. The van der Waals surface area contributed by atoms with E-state index < -0.39 is 0 Å². The molecular weight excluding hydrogens is 268 g/mol. The van der Waals surface area contributed by atoms with Crippen LogP contribution in [-0.4, -0.2) is 16.1 Å². The number of carbonyl (C=O) groups is 1. The Morgan fingerprint density at radius 1 is 1.50 bits per heavy atom. The Kier molecular flexibility index (Phi) is 3.19. The molecule has 0 aliphatic carbocycles. The summed E-state index contributed by atoms with van der Waals surface area (Å²) in [7, 11) is 0. The number of aryl methyl sites for hydroxylation is 1. The van der Waals surface area contributed by atoms with Crippen LogP contribution in [-0.2, 0) is 6.42 Å². The average molecular weight is 279 g/mol. The average Bonchev–Trinajstić information content (AvgIpc) is 2.77. The summed E-state index contributed by atoms with van der Waals surface area (Å²) >= 11 is 3.39. The second-order valence-corrected chi connectivity index (χ2v) is 4.38. The number of hydrogen-bond donors (Lipinski definition) is 0. The lowest BCUT2D eigenvalue weighted by Crippen LogP contribution is -1.99. The molecule has 0 bridgehead atoms. The van der Waals surface area contributed by atoms with Gasteiger partial charge in [-0.05, 0) is 30.2 Å². The third kappa shape index (κ3) is 2.07. The summed E-state index contributed by atoms with van der Waals surface area (Å²) in [5.41, 5.74) is 2.58. The first-order valence-electron chi connectivity index (χ1n) is 5.03. The van der Waals surface area contributed by atoms with Crippen molar-refractivity contribution in [2.75, 3.05) is 0 Å². The van der Waals surface area contributed by atoms with Crippen LogP contribution in [0, 0.1) is 0 Å². The SMILES string of the molecule is CCc1cnn(-c2cc(Br)ccc2C=O)c1. The first-order chi connectivity index (χ1) is 7.74. The number of rotatable bonds is 3. The minimum Gasteiger partial charge on any atom is -0.298 e. The number of aldehydes is 1. The zero-order valence-corrected chi connectivity index (χ0v) is 10.4. The number of benzene rings is 1. The molecule has 3 nitrogen and oxygen atoms in total. The molecule has 1 aromatic carbocycles. The molecule has 2 aromatic rings. The third-order valence-corrected chi connectivity index (χ3v) is 2.90. The van der Waals surface area contributed by atoms with Crippen LogP contribution in [0.15, 0.2) is 35.1 Å². The molecule has 0 spiro atoms. The van der Waals surface area contributed by atoms with Crippen molar-refractivity contribution in [1.82, 2.24) is 9.78 Å². The van der Waals surface area contributed by atoms with Crippen molar-refractivity contribution in [3.63, 3.8) is 0 Å². The smallest absolute Gasteiger partial charge is 0.152 e. The van der Waals surface area contributed by atoms with Gasteiger partial charge in [0.1, 0.15) is 0 Å². The van der Waals surface area contributed by atoms with E-state index in [2.05, 4.69) is 28.0 Å². The summed E-state index contributed by atoms with van der Waals surface area (Å²) in [5.74, 6) is 0. The second-order valence-electron chi connectivity index (χ2n) is 3.47. The zero-order chi connectivity index (χ0) is 11.5. The largest absolute Gasteiger partial charge is 0.298 e. The van der Waals surface area contributed by atoms with Gasteiger partial charge in [0.05, 0.1) is 11.9 Å². The molecule has 1 heterocycles. The Bertz CT molecular complexity index is 519. The molecule has 4 heteroatoms. The molecule has 82 valence electrons. The number of nitrogens with zero attached hydrogens (tertiary/aromatic N) is 2. The van der Waals surface area contributed by atoms with Crippen LogP contribution in [0.25, 0.3) is 5.69 Å². The number of carbonyl (C=O) groups excluding carboxylic acids is 1. The van der Waals surface area contributed by atoms with Gasteiger partial charge < -0.3 is 0 Å². The Hall–Kier alpha value is -1.42. The normalized spacial score (nSPS) is 10.4. The molecule has 0 saturated carbocycles. The van der Waals surface area contributed by atoms with Gasteiger partial charge >= 0.3 is 0 Å². The number of hydrogen-bond acceptors (Lipinski definition) is 2. The maximum absolute atomic E-state index is 10.9. The van der Waals surface area contributed by atoms with Gasteiger partial charge in [0.15, 0.2) is 6.29 Å². The molecule has 0 aliphatic rings. The standard InChI is InChI=1S/C12H11BrN2O/c1-2-9-6-14-15(7-9)12-5-11(13)4-3-10(12)8-16/h3-8H,2H2,1H3. The van der Waals surface area contributed by atoms with Crippen molar-refractivity contribution in [2.24, 2.45) is 0 Å². The van der Waals surface area contributed by atoms with Gasteiger partial charge in [0.25, 0.3) is 0 Å². The lowest BCUT2D eigenvalue weighted by molar-refractivity contribution is 0.112. The van der Waals surface area contributed by atoms with Crippen LogP contribution in [0.3, 0.4) is 0 Å². The van der Waals surface area contributed by atoms with Crippen molar-refractivity contribution < 1.29 is 4.79 Å². The van der Waals surface area contributed by atoms with Crippen molar-refractivity contribution in [2.45, 2.75) is 13.3 Å². The topological polar surface area (TPSA) is 34.9 Å². The minimum absolute atomic E-state index is 0.633. The van der Waals surface area contributed by atoms with Gasteiger partial charge in [-0.25, -0.2) is 4.68 Å². The highest BCUT2D eigenvalue weighted by molar-refractivity contribution is 9.10. The fraction of sp³-hybridized carbons (Fsp3) is 0.167. The van der Waals surface area contributed by atoms with E-state index in [1.807, 2.05) is 24.5 Å². The molecule has 2 rings (SSSR count). The van der Waals surface area contributed by atoms with E-state index in [9.17, 15) is 4.79 Å². The van der Waals surface area contributed by atoms with E-state index in [1.165, 1.54) is 0 Å². The Balaban J connectivity index is 2.53. The maximum atomic E-state index is 10.9. The van der Waals surface area contributed by atoms with Crippen molar-refractivity contribution in [1.29, 1.82) is 0 Å². The monoisotopic (exact) mass is 278 g/mol. The van der Waals surface area contributed by atoms with Crippen molar-refractivity contribution in [3.05, 3.63) is 46.2 Å². The fourth-order valence-corrected chi connectivity index (χ4v) is 1.84. The third-order valence-electron chi connectivity index (χ3n) is 2.41. The lowest BCUT2D eigenvalue weighted by atomic mass is 10.2. The maximum Gasteiger partial charge on any atom is 0.152 e. The van der Waals surface area contributed by atoms with E-state index in [-0.39, 0.29) is 0 Å². The van der Waals surface area contributed by atoms with Gasteiger partial charge in [-0.2, -0.15) is 5.10 Å². The van der Waals surface area contributed by atoms with E-state index in [0.717, 1.165) is 28.4 Å². The van der Waals surface area contributed by atoms with Crippen LogP contribution < -0.4 is 0 Å². The predicted molar refractivity (Wildman–Crippen MR) is 66.0 cm³/mol. The van der Waals surface area contributed by atoms with Gasteiger partial charge in [0, 0.05) is 16.2 Å². The van der Waals surface area contributed by atoms with Gasteiger partial charge in [-0.15, -0.1) is 0 Å². The molecule has 1 aromatic heterocycles. The molecule has 0 unspecified atom stereocenters. The summed E-state index contributed by atoms with van der Waals surface area (Å²) in [6.45, 7) is 2.07. The van der Waals surface area contributed by atoms with E-state index in [0.29, 0.717) is 5.56 Å². The van der Waals surface area contributed by atoms with Crippen molar-refractivity contribution in [3.8, 4) is 5.69 Å². The zero-order valence-electron chi connectivity index (χ0n) is 8.85. The van der Waals surface area contributed by atoms with Crippen LogP contribution in [0.5, 0.6) is 0 Å². The summed E-state index contributed by atoms with van der Waals surface area (Å²) in [5, 5.41) is 4.24. The lowest BCUT2D eigenvalue weighted by Gasteiger charge is -2.05. The van der Waals surface area contributed by atoms with Crippen LogP contribution >= 0.6 is 15.9 Å². The van der Waals surface area contributed by atoms with Crippen molar-refractivity contribution >= 4 is 22.2 Å². The minimum atomic E-state index is 0.633. The summed E-state index contributed by atoms with van der Waals surface area (Å²) in [6.07, 6.45) is 5.53. The molecule has 0 fully saturated rings. The summed E-state index contributed by atoms with van der Waals surface area (Å²) in [4.78, 5) is 10.9. The molecule has 0 amide bonds. The van der Waals surface area contributed by atoms with Crippen LogP contribution in [0.1, 0.15) is 22.8 Å². The second kappa shape index (κ2) is 4.61. The number of aromatic nitrogens is 2. The highest BCUT2D eigenvalue weighted by Gasteiger charge is 2.06. The Morgan fingerprint density at radius 2 is 2.31 bits per heavy atom. The molecule has 0 atom stereocenters. The molecule has 0 N–H and O–H groups in total. The first kappa shape index (κ1) is 11.1. The Labute approximate surface area is 102 Å². The Morgan fingerprint density at radius 3 is 2.94 bits per heavy atom. The van der Waals surface area contributed by atoms with E-state index in [4.69, 9.17) is 0 Å². The molecule has 0 saturated heterocycles. The van der Waals surface area contributed by atoms with E-state index in [1.54, 1.807) is 10.7 Å². The fourth-order valence-electron chi connectivity index (χ4n) is 1.49. The number of halogens is 1. The molecule has 16 heavy (non-hydrogen) atoms. The summed E-state index contributed by atoms with van der Waals surface area (Å²) < 4.78 is 2.66.